The third-order valence-electron chi connectivity index (χ3n) is 5.37. The lowest BCUT2D eigenvalue weighted by molar-refractivity contribution is -0.116. The minimum Gasteiger partial charge on any atom is -0.478 e. The van der Waals surface area contributed by atoms with Crippen LogP contribution in [0.3, 0.4) is 0 Å². The Morgan fingerprint density at radius 2 is 1.58 bits per heavy atom. The van der Waals surface area contributed by atoms with Gasteiger partial charge in [-0.2, -0.15) is 0 Å². The van der Waals surface area contributed by atoms with Crippen molar-refractivity contribution in [1.82, 2.24) is 0 Å². The van der Waals surface area contributed by atoms with Gasteiger partial charge in [-0.05, 0) is 64.9 Å². The number of benzene rings is 3. The smallest absolute Gasteiger partial charge is 0.379 e. The number of carboxylic acid groups (broad SMARTS) is 1. The van der Waals surface area contributed by atoms with E-state index in [1.165, 1.54) is 36.4 Å². The van der Waals surface area contributed by atoms with Crippen molar-refractivity contribution >= 4 is 40.4 Å². The summed E-state index contributed by atoms with van der Waals surface area (Å²) in [5.74, 6) is -2.04. The topological polar surface area (TPSA) is 170 Å². The fraction of sp³-hybridized carbons (Fsp3) is 0.0370. The maximum atomic E-state index is 12.5. The molecule has 3 aromatic carbocycles. The standard InChI is InChI=1S/C27H21N3O6/c28-24(21(31)10-3-15-1-4-16(5-2-15)26(32)33)22-11-12-23(36-22)27(34)35-20-9-8-17-13-19(25(29)30)7-6-18(17)14-20/h1-14,24H,28H2,(H3,29,30)(H,32,33). The number of hydrogen-bond acceptors (Lipinski definition) is 7. The molecular formula is C27H21N3O6. The van der Waals surface area contributed by atoms with Crippen LogP contribution in [0.4, 0.5) is 0 Å². The van der Waals surface area contributed by atoms with Crippen LogP contribution in [0, 0.1) is 5.41 Å². The number of carboxylic acids is 1. The molecule has 9 nitrogen and oxygen atoms in total. The number of rotatable bonds is 8. The molecule has 1 heterocycles. The van der Waals surface area contributed by atoms with Gasteiger partial charge in [0.15, 0.2) is 5.78 Å². The van der Waals surface area contributed by atoms with Crippen molar-refractivity contribution in [3.8, 4) is 5.75 Å². The summed E-state index contributed by atoms with van der Waals surface area (Å²) >= 11 is 0. The minimum absolute atomic E-state index is 0.0393. The van der Waals surface area contributed by atoms with Gasteiger partial charge in [0.05, 0.1) is 5.56 Å². The van der Waals surface area contributed by atoms with Crippen LogP contribution in [-0.4, -0.2) is 28.7 Å². The molecule has 0 aliphatic carbocycles. The van der Waals surface area contributed by atoms with Crippen molar-refractivity contribution in [2.24, 2.45) is 11.5 Å². The number of amidine groups is 1. The summed E-state index contributed by atoms with van der Waals surface area (Å²) in [5, 5.41) is 18.1. The average molecular weight is 483 g/mol. The predicted molar refractivity (Wildman–Crippen MR) is 133 cm³/mol. The first-order valence-corrected chi connectivity index (χ1v) is 10.7. The Bertz CT molecular complexity index is 1520. The first kappa shape index (κ1) is 24.1. The summed E-state index contributed by atoms with van der Waals surface area (Å²) in [6.45, 7) is 0. The maximum Gasteiger partial charge on any atom is 0.379 e. The van der Waals surface area contributed by atoms with Crippen molar-refractivity contribution < 1.29 is 28.6 Å². The van der Waals surface area contributed by atoms with Gasteiger partial charge in [0, 0.05) is 5.56 Å². The van der Waals surface area contributed by atoms with Crippen LogP contribution in [0.25, 0.3) is 16.8 Å². The molecule has 9 heteroatoms. The number of aromatic carboxylic acids is 1. The van der Waals surface area contributed by atoms with Crippen LogP contribution in [0.5, 0.6) is 5.75 Å². The summed E-state index contributed by atoms with van der Waals surface area (Å²) in [5.41, 5.74) is 12.8. The second-order valence-electron chi connectivity index (χ2n) is 7.87. The summed E-state index contributed by atoms with van der Waals surface area (Å²) in [4.78, 5) is 35.9. The van der Waals surface area contributed by atoms with E-state index in [1.807, 2.05) is 0 Å². The van der Waals surface area contributed by atoms with Gasteiger partial charge >= 0.3 is 11.9 Å². The van der Waals surface area contributed by atoms with E-state index in [0.717, 1.165) is 10.8 Å². The van der Waals surface area contributed by atoms with Crippen molar-refractivity contribution in [2.45, 2.75) is 6.04 Å². The van der Waals surface area contributed by atoms with Gasteiger partial charge in [-0.15, -0.1) is 0 Å². The lowest BCUT2D eigenvalue weighted by Gasteiger charge is -2.06. The molecule has 4 aromatic rings. The minimum atomic E-state index is -1.14. The zero-order chi connectivity index (χ0) is 25.8. The number of nitrogens with one attached hydrogen (secondary N) is 1. The molecule has 1 aromatic heterocycles. The van der Waals surface area contributed by atoms with E-state index in [-0.39, 0.29) is 22.9 Å². The number of ether oxygens (including phenoxy) is 1. The van der Waals surface area contributed by atoms with Gasteiger partial charge in [-0.25, -0.2) is 9.59 Å². The lowest BCUT2D eigenvalue weighted by atomic mass is 10.1. The van der Waals surface area contributed by atoms with Crippen LogP contribution >= 0.6 is 0 Å². The second-order valence-corrected chi connectivity index (χ2v) is 7.87. The van der Waals surface area contributed by atoms with Gasteiger partial charge in [0.1, 0.15) is 23.4 Å². The van der Waals surface area contributed by atoms with E-state index in [4.69, 9.17) is 31.1 Å². The Kier molecular flexibility index (Phi) is 6.75. The molecular weight excluding hydrogens is 462 g/mol. The van der Waals surface area contributed by atoms with Gasteiger partial charge < -0.3 is 25.7 Å². The molecule has 1 unspecified atom stereocenters. The number of fused-ring (bicyclic) bond motifs is 1. The zero-order valence-electron chi connectivity index (χ0n) is 18.8. The Morgan fingerprint density at radius 1 is 0.917 bits per heavy atom. The SMILES string of the molecule is N=C(N)c1ccc2cc(OC(=O)c3ccc(C(N)C(=O)C=Cc4ccc(C(=O)O)cc4)o3)ccc2c1. The number of carbonyl (C=O) groups excluding carboxylic acids is 2. The van der Waals surface area contributed by atoms with Crippen LogP contribution in [-0.2, 0) is 4.79 Å². The third kappa shape index (κ3) is 5.37. The first-order valence-electron chi connectivity index (χ1n) is 10.7. The molecule has 0 spiro atoms. The molecule has 180 valence electrons. The highest BCUT2D eigenvalue weighted by atomic mass is 16.5. The molecule has 6 N–H and O–H groups in total. The van der Waals surface area contributed by atoms with Crippen molar-refractivity contribution in [3.63, 3.8) is 0 Å². The Balaban J connectivity index is 1.41. The molecule has 0 aliphatic heterocycles. The zero-order valence-corrected chi connectivity index (χ0v) is 18.8. The molecule has 0 saturated carbocycles. The Labute approximate surface area is 205 Å². The van der Waals surface area contributed by atoms with Crippen LogP contribution in [0.1, 0.15) is 43.8 Å². The Morgan fingerprint density at radius 3 is 2.28 bits per heavy atom. The molecule has 1 atom stereocenters. The summed E-state index contributed by atoms with van der Waals surface area (Å²) in [7, 11) is 0. The number of nitrogen functional groups attached to an aromatic ring is 1. The summed E-state index contributed by atoms with van der Waals surface area (Å²) in [6, 6.07) is 17.9. The van der Waals surface area contributed by atoms with E-state index >= 15 is 0 Å². The number of carbonyl (C=O) groups is 3. The molecule has 0 bridgehead atoms. The molecule has 0 saturated heterocycles. The summed E-state index contributed by atoms with van der Waals surface area (Å²) < 4.78 is 10.9. The van der Waals surface area contributed by atoms with Crippen molar-refractivity contribution in [3.05, 3.63) is 107 Å². The van der Waals surface area contributed by atoms with Crippen molar-refractivity contribution in [1.29, 1.82) is 5.41 Å². The number of esters is 1. The van der Waals surface area contributed by atoms with Crippen LogP contribution < -0.4 is 16.2 Å². The molecule has 4 rings (SSSR count). The first-order chi connectivity index (χ1) is 17.2. The highest BCUT2D eigenvalue weighted by Gasteiger charge is 2.21. The van der Waals surface area contributed by atoms with Gasteiger partial charge in [-0.1, -0.05) is 36.4 Å². The third-order valence-corrected chi connectivity index (χ3v) is 5.37. The van der Waals surface area contributed by atoms with Crippen molar-refractivity contribution in [2.75, 3.05) is 0 Å². The maximum absolute atomic E-state index is 12.5. The molecule has 0 radical (unpaired) electrons. The van der Waals surface area contributed by atoms with Crippen LogP contribution in [0.15, 0.2) is 83.3 Å². The largest absolute Gasteiger partial charge is 0.478 e. The average Bonchev–Trinajstić information content (AvgIpc) is 3.37. The number of hydrogen-bond donors (Lipinski definition) is 4. The van der Waals surface area contributed by atoms with Gasteiger partial charge in [0.2, 0.25) is 5.76 Å². The second kappa shape index (κ2) is 10.1. The van der Waals surface area contributed by atoms with Gasteiger partial charge in [0.25, 0.3) is 0 Å². The van der Waals surface area contributed by atoms with Crippen LogP contribution in [0.2, 0.25) is 0 Å². The van der Waals surface area contributed by atoms with Gasteiger partial charge in [-0.3, -0.25) is 10.2 Å². The molecule has 0 amide bonds. The number of ketones is 1. The van der Waals surface area contributed by atoms with E-state index < -0.39 is 23.8 Å². The molecule has 36 heavy (non-hydrogen) atoms. The number of nitrogens with two attached hydrogens (primary N) is 2. The van der Waals surface area contributed by atoms with E-state index in [9.17, 15) is 14.4 Å². The fourth-order valence-corrected chi connectivity index (χ4v) is 3.40. The summed E-state index contributed by atoms with van der Waals surface area (Å²) in [6.07, 6.45) is 2.76. The molecule has 0 fully saturated rings. The lowest BCUT2D eigenvalue weighted by Crippen LogP contribution is -2.19. The monoisotopic (exact) mass is 483 g/mol. The highest BCUT2D eigenvalue weighted by molar-refractivity contribution is 6.00. The van der Waals surface area contributed by atoms with E-state index in [2.05, 4.69) is 0 Å². The normalized spacial score (nSPS) is 11.9. The Hall–Kier alpha value is -5.02. The predicted octanol–water partition coefficient (Wildman–Crippen LogP) is 3.92. The molecule has 0 aliphatic rings. The fourth-order valence-electron chi connectivity index (χ4n) is 3.40. The highest BCUT2D eigenvalue weighted by Crippen LogP contribution is 2.24. The van der Waals surface area contributed by atoms with E-state index in [1.54, 1.807) is 48.5 Å². The van der Waals surface area contributed by atoms with E-state index in [0.29, 0.717) is 16.9 Å². The quantitative estimate of drug-likeness (QED) is 0.0960. The number of furan rings is 1.